The monoisotopic (exact) mass is 341 g/mol. The highest BCUT2D eigenvalue weighted by atomic mass is 79.9. The first kappa shape index (κ1) is 14.9. The van der Waals surface area contributed by atoms with E-state index in [2.05, 4.69) is 21.2 Å². The van der Waals surface area contributed by atoms with Crippen molar-refractivity contribution in [2.45, 2.75) is 13.2 Å². The molecule has 0 atom stereocenters. The lowest BCUT2D eigenvalue weighted by molar-refractivity contribution is 0.301. The lowest BCUT2D eigenvalue weighted by atomic mass is 10.2. The Labute approximate surface area is 124 Å². The van der Waals surface area contributed by atoms with Crippen molar-refractivity contribution < 1.29 is 13.5 Å². The highest BCUT2D eigenvalue weighted by Crippen LogP contribution is 2.22. The Kier molecular flexibility index (Phi) is 5.09. The average Bonchev–Trinajstić information content (AvgIpc) is 2.37. The van der Waals surface area contributed by atoms with Crippen LogP contribution < -0.4 is 10.1 Å². The number of nitrogens with one attached hydrogen (secondary N) is 1. The van der Waals surface area contributed by atoms with Crippen LogP contribution in [0, 0.1) is 11.6 Å². The minimum atomic E-state index is -0.326. The second-order valence-electron chi connectivity index (χ2n) is 4.35. The van der Waals surface area contributed by atoms with Gasteiger partial charge in [-0.15, -0.1) is 0 Å². The topological polar surface area (TPSA) is 21.3 Å². The van der Waals surface area contributed by atoms with E-state index in [1.165, 1.54) is 24.3 Å². The van der Waals surface area contributed by atoms with Crippen LogP contribution in [0.5, 0.6) is 5.75 Å². The lowest BCUT2D eigenvalue weighted by Crippen LogP contribution is -2.08. The Morgan fingerprint density at radius 1 is 1.10 bits per heavy atom. The van der Waals surface area contributed by atoms with Crippen molar-refractivity contribution in [1.29, 1.82) is 0 Å². The second kappa shape index (κ2) is 6.81. The molecule has 0 aliphatic rings. The van der Waals surface area contributed by atoms with Crippen LogP contribution in [0.1, 0.15) is 11.1 Å². The Bertz CT molecular complexity index is 584. The van der Waals surface area contributed by atoms with Crippen molar-refractivity contribution >= 4 is 15.9 Å². The Morgan fingerprint density at radius 2 is 1.90 bits per heavy atom. The van der Waals surface area contributed by atoms with E-state index in [0.717, 1.165) is 5.56 Å². The molecule has 0 unspecified atom stereocenters. The molecule has 106 valence electrons. The Hall–Kier alpha value is -1.46. The summed E-state index contributed by atoms with van der Waals surface area (Å²) >= 11 is 3.23. The van der Waals surface area contributed by atoms with Crippen molar-refractivity contribution in [3.8, 4) is 5.75 Å². The highest BCUT2D eigenvalue weighted by molar-refractivity contribution is 9.10. The zero-order valence-electron chi connectivity index (χ0n) is 10.9. The first-order valence-electron chi connectivity index (χ1n) is 6.09. The summed E-state index contributed by atoms with van der Waals surface area (Å²) in [5, 5.41) is 2.95. The van der Waals surface area contributed by atoms with Gasteiger partial charge < -0.3 is 10.1 Å². The molecule has 0 fully saturated rings. The molecule has 0 saturated carbocycles. The third-order valence-electron chi connectivity index (χ3n) is 2.71. The van der Waals surface area contributed by atoms with Crippen molar-refractivity contribution in [2.75, 3.05) is 7.05 Å². The Morgan fingerprint density at radius 3 is 2.60 bits per heavy atom. The van der Waals surface area contributed by atoms with Crippen LogP contribution in [0.3, 0.4) is 0 Å². The predicted octanol–water partition coefficient (Wildman–Crippen LogP) is 4.03. The summed E-state index contributed by atoms with van der Waals surface area (Å²) in [7, 11) is 1.78. The number of ether oxygens (including phenoxy) is 1. The molecular weight excluding hydrogens is 328 g/mol. The molecule has 2 rings (SSSR count). The van der Waals surface area contributed by atoms with Gasteiger partial charge in [-0.2, -0.15) is 0 Å². The number of hydrogen-bond acceptors (Lipinski definition) is 2. The van der Waals surface area contributed by atoms with E-state index in [-0.39, 0.29) is 18.2 Å². The molecule has 0 radical (unpaired) electrons. The van der Waals surface area contributed by atoms with E-state index in [4.69, 9.17) is 4.74 Å². The average molecular weight is 342 g/mol. The van der Waals surface area contributed by atoms with Crippen molar-refractivity contribution in [2.24, 2.45) is 0 Å². The van der Waals surface area contributed by atoms with Crippen LogP contribution in [0.2, 0.25) is 0 Å². The van der Waals surface area contributed by atoms with E-state index in [1.807, 2.05) is 0 Å². The van der Waals surface area contributed by atoms with Gasteiger partial charge in [0, 0.05) is 16.6 Å². The fourth-order valence-electron chi connectivity index (χ4n) is 1.87. The Balaban J connectivity index is 2.13. The van der Waals surface area contributed by atoms with Gasteiger partial charge in [-0.1, -0.05) is 15.9 Å². The maximum atomic E-state index is 13.3. The number of rotatable bonds is 5. The zero-order chi connectivity index (χ0) is 14.5. The van der Waals surface area contributed by atoms with Crippen molar-refractivity contribution in [1.82, 2.24) is 5.32 Å². The largest absolute Gasteiger partial charge is 0.489 e. The van der Waals surface area contributed by atoms with Gasteiger partial charge in [0.2, 0.25) is 0 Å². The molecular formula is C15H14BrF2NO. The quantitative estimate of drug-likeness (QED) is 0.886. The van der Waals surface area contributed by atoms with Crippen LogP contribution in [0.25, 0.3) is 0 Å². The van der Waals surface area contributed by atoms with E-state index < -0.39 is 0 Å². The first-order chi connectivity index (χ1) is 9.58. The summed E-state index contributed by atoms with van der Waals surface area (Å²) in [6.45, 7) is 0.721. The van der Waals surface area contributed by atoms with E-state index in [0.29, 0.717) is 22.3 Å². The van der Waals surface area contributed by atoms with Crippen LogP contribution in [0.4, 0.5) is 8.78 Å². The summed E-state index contributed by atoms with van der Waals surface area (Å²) < 4.78 is 32.8. The molecule has 0 heterocycles. The number of benzene rings is 2. The van der Waals surface area contributed by atoms with Crippen molar-refractivity contribution in [3.05, 3.63) is 63.6 Å². The minimum Gasteiger partial charge on any atom is -0.489 e. The molecule has 20 heavy (non-hydrogen) atoms. The van der Waals surface area contributed by atoms with Crippen LogP contribution in [-0.4, -0.2) is 7.05 Å². The maximum absolute atomic E-state index is 13.3. The number of hydrogen-bond donors (Lipinski definition) is 1. The van der Waals surface area contributed by atoms with Gasteiger partial charge in [-0.3, -0.25) is 0 Å². The predicted molar refractivity (Wildman–Crippen MR) is 77.6 cm³/mol. The van der Waals surface area contributed by atoms with Gasteiger partial charge in [0.25, 0.3) is 0 Å². The maximum Gasteiger partial charge on any atom is 0.124 e. The molecule has 0 amide bonds. The normalized spacial score (nSPS) is 10.6. The molecule has 0 aliphatic heterocycles. The van der Waals surface area contributed by atoms with Crippen LogP contribution >= 0.6 is 15.9 Å². The van der Waals surface area contributed by atoms with E-state index in [9.17, 15) is 8.78 Å². The summed E-state index contributed by atoms with van der Waals surface area (Å²) in [6, 6.07) is 8.92. The lowest BCUT2D eigenvalue weighted by Gasteiger charge is -2.12. The molecule has 0 aromatic heterocycles. The van der Waals surface area contributed by atoms with E-state index >= 15 is 0 Å². The van der Waals surface area contributed by atoms with Gasteiger partial charge >= 0.3 is 0 Å². The third kappa shape index (κ3) is 4.02. The highest BCUT2D eigenvalue weighted by Gasteiger charge is 2.06. The molecule has 2 nitrogen and oxygen atoms in total. The molecule has 2 aromatic carbocycles. The second-order valence-corrected chi connectivity index (χ2v) is 5.26. The SMILES string of the molecule is CNCc1cc(F)ccc1OCc1cc(F)cc(Br)c1. The molecule has 5 heteroatoms. The van der Waals surface area contributed by atoms with E-state index in [1.54, 1.807) is 19.2 Å². The molecule has 2 aromatic rings. The van der Waals surface area contributed by atoms with Crippen LogP contribution in [0.15, 0.2) is 40.9 Å². The summed E-state index contributed by atoms with van der Waals surface area (Å²) in [5.41, 5.74) is 1.43. The fourth-order valence-corrected chi connectivity index (χ4v) is 2.39. The fraction of sp³-hybridized carbons (Fsp3) is 0.200. The molecule has 0 aliphatic carbocycles. The van der Waals surface area contributed by atoms with Crippen molar-refractivity contribution in [3.63, 3.8) is 0 Å². The van der Waals surface area contributed by atoms with Crippen LogP contribution in [-0.2, 0) is 13.2 Å². The van der Waals surface area contributed by atoms with Gasteiger partial charge in [0.1, 0.15) is 24.0 Å². The summed E-state index contributed by atoms with van der Waals surface area (Å²) in [6.07, 6.45) is 0. The zero-order valence-corrected chi connectivity index (χ0v) is 12.5. The third-order valence-corrected chi connectivity index (χ3v) is 3.16. The summed E-state index contributed by atoms with van der Waals surface area (Å²) in [5.74, 6) is -0.0511. The smallest absolute Gasteiger partial charge is 0.124 e. The van der Waals surface area contributed by atoms with Gasteiger partial charge in [0.15, 0.2) is 0 Å². The minimum absolute atomic E-state index is 0.221. The first-order valence-corrected chi connectivity index (χ1v) is 6.88. The molecule has 1 N–H and O–H groups in total. The van der Waals surface area contributed by atoms with Gasteiger partial charge in [-0.25, -0.2) is 8.78 Å². The molecule has 0 saturated heterocycles. The molecule has 0 bridgehead atoms. The summed E-state index contributed by atoms with van der Waals surface area (Å²) in [4.78, 5) is 0. The molecule has 0 spiro atoms. The standard InChI is InChI=1S/C15H14BrF2NO/c1-19-8-11-6-13(17)2-3-15(11)20-9-10-4-12(16)7-14(18)5-10/h2-7,19H,8-9H2,1H3. The van der Waals surface area contributed by atoms with Gasteiger partial charge in [-0.05, 0) is 49.0 Å². The van der Waals surface area contributed by atoms with Gasteiger partial charge in [0.05, 0.1) is 0 Å². The number of halogens is 3.